The first-order valence-electron chi connectivity index (χ1n) is 6.97. The number of fused-ring (bicyclic) bond motifs is 1. The summed E-state index contributed by atoms with van der Waals surface area (Å²) in [6.07, 6.45) is 5.04. The maximum absolute atomic E-state index is 12.0. The van der Waals surface area contributed by atoms with Gasteiger partial charge in [0.25, 0.3) is 0 Å². The van der Waals surface area contributed by atoms with Crippen LogP contribution in [0.1, 0.15) is 17.0 Å². The van der Waals surface area contributed by atoms with Gasteiger partial charge in [0.2, 0.25) is 5.91 Å². The van der Waals surface area contributed by atoms with Crippen molar-refractivity contribution in [2.24, 2.45) is 7.05 Å². The van der Waals surface area contributed by atoms with E-state index in [0.29, 0.717) is 0 Å². The molecule has 0 aliphatic heterocycles. The third kappa shape index (κ3) is 2.63. The van der Waals surface area contributed by atoms with E-state index in [1.165, 1.54) is 6.08 Å². The van der Waals surface area contributed by atoms with Gasteiger partial charge < -0.3 is 5.32 Å². The van der Waals surface area contributed by atoms with Crippen LogP contribution in [0.4, 0.5) is 5.69 Å². The Kier molecular flexibility index (Phi) is 3.50. The SMILES string of the molecule is Cc1nn(C)c(C)c1/C=C\C(=O)Nc1ccc2[nH]ncc2c1. The van der Waals surface area contributed by atoms with Crippen molar-refractivity contribution in [2.75, 3.05) is 5.32 Å². The van der Waals surface area contributed by atoms with E-state index in [-0.39, 0.29) is 5.91 Å². The Morgan fingerprint density at radius 1 is 1.36 bits per heavy atom. The molecule has 0 spiro atoms. The molecule has 2 N–H and O–H groups in total. The minimum absolute atomic E-state index is 0.175. The van der Waals surface area contributed by atoms with Gasteiger partial charge in [-0.3, -0.25) is 14.6 Å². The first kappa shape index (κ1) is 14.1. The largest absolute Gasteiger partial charge is 0.322 e. The van der Waals surface area contributed by atoms with Gasteiger partial charge in [0.15, 0.2) is 0 Å². The molecule has 0 aliphatic rings. The lowest BCUT2D eigenvalue weighted by Gasteiger charge is -2.02. The van der Waals surface area contributed by atoms with Crippen molar-refractivity contribution < 1.29 is 4.79 Å². The van der Waals surface area contributed by atoms with Gasteiger partial charge in [-0.2, -0.15) is 10.2 Å². The third-order valence-corrected chi connectivity index (χ3v) is 3.67. The smallest absolute Gasteiger partial charge is 0.248 e. The van der Waals surface area contributed by atoms with Crippen LogP contribution in [0.2, 0.25) is 0 Å². The van der Waals surface area contributed by atoms with E-state index < -0.39 is 0 Å². The summed E-state index contributed by atoms with van der Waals surface area (Å²) >= 11 is 0. The van der Waals surface area contributed by atoms with Gasteiger partial charge in [-0.05, 0) is 38.1 Å². The van der Waals surface area contributed by atoms with Gasteiger partial charge in [0.1, 0.15) is 0 Å². The number of anilines is 1. The predicted molar refractivity (Wildman–Crippen MR) is 86.4 cm³/mol. The molecular formula is C16H17N5O. The van der Waals surface area contributed by atoms with Crippen LogP contribution < -0.4 is 5.32 Å². The number of nitrogens with zero attached hydrogens (tertiary/aromatic N) is 3. The number of rotatable bonds is 3. The fourth-order valence-corrected chi connectivity index (χ4v) is 2.39. The normalized spacial score (nSPS) is 11.4. The first-order valence-corrected chi connectivity index (χ1v) is 6.97. The first-order chi connectivity index (χ1) is 10.5. The second kappa shape index (κ2) is 5.48. The molecule has 2 aromatic heterocycles. The number of benzene rings is 1. The molecule has 1 amide bonds. The van der Waals surface area contributed by atoms with E-state index in [0.717, 1.165) is 33.5 Å². The molecule has 0 atom stereocenters. The van der Waals surface area contributed by atoms with Gasteiger partial charge in [0.05, 0.1) is 17.4 Å². The highest BCUT2D eigenvalue weighted by Gasteiger charge is 2.07. The molecule has 0 aliphatic carbocycles. The van der Waals surface area contributed by atoms with E-state index in [2.05, 4.69) is 20.6 Å². The monoisotopic (exact) mass is 295 g/mol. The molecule has 1 aromatic carbocycles. The lowest BCUT2D eigenvalue weighted by Crippen LogP contribution is -2.07. The number of carbonyl (C=O) groups excluding carboxylic acids is 1. The van der Waals surface area contributed by atoms with E-state index in [9.17, 15) is 4.79 Å². The van der Waals surface area contributed by atoms with Gasteiger partial charge >= 0.3 is 0 Å². The van der Waals surface area contributed by atoms with Gasteiger partial charge in [0, 0.05) is 35.5 Å². The number of nitrogens with one attached hydrogen (secondary N) is 2. The lowest BCUT2D eigenvalue weighted by molar-refractivity contribution is -0.111. The molecule has 0 unspecified atom stereocenters. The summed E-state index contributed by atoms with van der Waals surface area (Å²) in [5.74, 6) is -0.175. The second-order valence-corrected chi connectivity index (χ2v) is 5.20. The molecule has 3 aromatic rings. The van der Waals surface area contributed by atoms with Crippen LogP contribution in [0.25, 0.3) is 17.0 Å². The molecule has 2 heterocycles. The van der Waals surface area contributed by atoms with Crippen LogP contribution in [0.5, 0.6) is 0 Å². The van der Waals surface area contributed by atoms with Gasteiger partial charge in [-0.25, -0.2) is 0 Å². The van der Waals surface area contributed by atoms with Crippen LogP contribution in [-0.4, -0.2) is 25.9 Å². The third-order valence-electron chi connectivity index (χ3n) is 3.67. The molecule has 3 rings (SSSR count). The molecular weight excluding hydrogens is 278 g/mol. The minimum Gasteiger partial charge on any atom is -0.322 e. The average molecular weight is 295 g/mol. The fraction of sp³-hybridized carbons (Fsp3) is 0.188. The minimum atomic E-state index is -0.175. The zero-order valence-electron chi connectivity index (χ0n) is 12.7. The maximum Gasteiger partial charge on any atom is 0.248 e. The molecule has 0 radical (unpaired) electrons. The highest BCUT2D eigenvalue weighted by molar-refractivity contribution is 6.03. The summed E-state index contributed by atoms with van der Waals surface area (Å²) < 4.78 is 1.81. The van der Waals surface area contributed by atoms with Crippen molar-refractivity contribution >= 4 is 28.6 Å². The molecule has 0 fully saturated rings. The topological polar surface area (TPSA) is 75.6 Å². The van der Waals surface area contributed by atoms with Crippen LogP contribution in [-0.2, 0) is 11.8 Å². The van der Waals surface area contributed by atoms with Crippen LogP contribution in [0, 0.1) is 13.8 Å². The summed E-state index contributed by atoms with van der Waals surface area (Å²) in [7, 11) is 1.89. The summed E-state index contributed by atoms with van der Waals surface area (Å²) in [6, 6.07) is 5.61. The van der Waals surface area contributed by atoms with Crippen LogP contribution >= 0.6 is 0 Å². The zero-order valence-corrected chi connectivity index (χ0v) is 12.7. The Balaban J connectivity index is 1.75. The lowest BCUT2D eigenvalue weighted by atomic mass is 10.2. The second-order valence-electron chi connectivity index (χ2n) is 5.20. The molecule has 0 bridgehead atoms. The Morgan fingerprint density at radius 2 is 2.18 bits per heavy atom. The van der Waals surface area contributed by atoms with Crippen molar-refractivity contribution in [1.29, 1.82) is 0 Å². The summed E-state index contributed by atoms with van der Waals surface area (Å²) in [4.78, 5) is 12.0. The van der Waals surface area contributed by atoms with Gasteiger partial charge in [-0.1, -0.05) is 0 Å². The van der Waals surface area contributed by atoms with Gasteiger partial charge in [-0.15, -0.1) is 0 Å². The highest BCUT2D eigenvalue weighted by Crippen LogP contribution is 2.17. The predicted octanol–water partition coefficient (Wildman–Crippen LogP) is 2.57. The Morgan fingerprint density at radius 3 is 2.91 bits per heavy atom. The van der Waals surface area contributed by atoms with Crippen molar-refractivity contribution in [3.8, 4) is 0 Å². The molecule has 0 saturated carbocycles. The number of hydrogen-bond acceptors (Lipinski definition) is 3. The van der Waals surface area contributed by atoms with Crippen molar-refractivity contribution in [1.82, 2.24) is 20.0 Å². The van der Waals surface area contributed by atoms with E-state index in [1.807, 2.05) is 39.1 Å². The summed E-state index contributed by atoms with van der Waals surface area (Å²) in [5.41, 5.74) is 4.59. The van der Waals surface area contributed by atoms with E-state index >= 15 is 0 Å². The highest BCUT2D eigenvalue weighted by atomic mass is 16.1. The number of amides is 1. The van der Waals surface area contributed by atoms with Crippen LogP contribution in [0.3, 0.4) is 0 Å². The Bertz CT molecular complexity index is 872. The molecule has 112 valence electrons. The number of hydrogen-bond donors (Lipinski definition) is 2. The Hall–Kier alpha value is -2.89. The number of carbonyl (C=O) groups is 1. The number of H-pyrrole nitrogens is 1. The molecule has 0 saturated heterocycles. The molecule has 6 nitrogen and oxygen atoms in total. The zero-order chi connectivity index (χ0) is 15.7. The van der Waals surface area contributed by atoms with Crippen LogP contribution in [0.15, 0.2) is 30.5 Å². The molecule has 22 heavy (non-hydrogen) atoms. The Labute approximate surface area is 127 Å². The van der Waals surface area contributed by atoms with Crippen molar-refractivity contribution in [3.63, 3.8) is 0 Å². The maximum atomic E-state index is 12.0. The quantitative estimate of drug-likeness (QED) is 0.729. The average Bonchev–Trinajstić information content (AvgIpc) is 3.02. The summed E-state index contributed by atoms with van der Waals surface area (Å²) in [6.45, 7) is 3.90. The van der Waals surface area contributed by atoms with E-state index in [1.54, 1.807) is 17.0 Å². The summed E-state index contributed by atoms with van der Waals surface area (Å²) in [5, 5.41) is 15.0. The van der Waals surface area contributed by atoms with Crippen molar-refractivity contribution in [2.45, 2.75) is 13.8 Å². The number of aromatic nitrogens is 4. The standard InChI is InChI=1S/C16H17N5O/c1-10-14(11(2)21(3)20-10)5-7-16(22)18-13-4-6-15-12(8-13)9-17-19-15/h4-9H,1-3H3,(H,17,19)(H,18,22)/b7-5-. The van der Waals surface area contributed by atoms with E-state index in [4.69, 9.17) is 0 Å². The fourth-order valence-electron chi connectivity index (χ4n) is 2.39. The number of aryl methyl sites for hydroxylation is 2. The van der Waals surface area contributed by atoms with Crippen molar-refractivity contribution in [3.05, 3.63) is 47.4 Å². The molecule has 6 heteroatoms. The number of aromatic amines is 1.